The second-order valence-electron chi connectivity index (χ2n) is 4.88. The molecule has 2 aromatic carbocycles. The maximum absolute atomic E-state index is 13.3. The Labute approximate surface area is 134 Å². The topological polar surface area (TPSA) is 39.2 Å². The molecule has 0 radical (unpaired) electrons. The van der Waals surface area contributed by atoms with Gasteiger partial charge in [0.15, 0.2) is 0 Å². The summed E-state index contributed by atoms with van der Waals surface area (Å²) in [6.07, 6.45) is 0. The van der Waals surface area contributed by atoms with E-state index in [4.69, 9.17) is 21.8 Å². The number of furan rings is 1. The van der Waals surface area contributed by atoms with Gasteiger partial charge in [0.25, 0.3) is 0 Å². The Bertz CT molecular complexity index is 831. The van der Waals surface area contributed by atoms with Gasteiger partial charge >= 0.3 is 0 Å². The highest BCUT2D eigenvalue weighted by atomic mass is 79.9. The van der Waals surface area contributed by atoms with Crippen LogP contribution in [0.3, 0.4) is 0 Å². The molecule has 3 rings (SSSR count). The molecule has 0 saturated carbocycles. The average molecular weight is 369 g/mol. The summed E-state index contributed by atoms with van der Waals surface area (Å²) in [6, 6.07) is 9.69. The number of nitrogens with two attached hydrogens (primary N) is 1. The van der Waals surface area contributed by atoms with Crippen molar-refractivity contribution in [3.05, 3.63) is 68.6 Å². The third kappa shape index (κ3) is 2.59. The Balaban J connectivity index is 2.10. The number of aryl methyl sites for hydroxylation is 1. The maximum Gasteiger partial charge on any atom is 0.137 e. The summed E-state index contributed by atoms with van der Waals surface area (Å²) in [5.74, 6) is 0.338. The van der Waals surface area contributed by atoms with Crippen LogP contribution in [0.4, 0.5) is 4.39 Å². The van der Waals surface area contributed by atoms with E-state index in [2.05, 4.69) is 15.9 Å². The monoisotopic (exact) mass is 367 g/mol. The second-order valence-corrected chi connectivity index (χ2v) is 6.17. The van der Waals surface area contributed by atoms with Crippen LogP contribution >= 0.6 is 27.5 Å². The number of benzene rings is 2. The van der Waals surface area contributed by atoms with Gasteiger partial charge in [-0.05, 0) is 58.7 Å². The highest BCUT2D eigenvalue weighted by molar-refractivity contribution is 9.10. The summed E-state index contributed by atoms with van der Waals surface area (Å²) in [4.78, 5) is 0. The van der Waals surface area contributed by atoms with E-state index in [1.165, 1.54) is 6.07 Å². The molecule has 2 N–H and O–H groups in total. The normalized spacial score (nSPS) is 12.8. The van der Waals surface area contributed by atoms with Crippen molar-refractivity contribution in [1.82, 2.24) is 0 Å². The van der Waals surface area contributed by atoms with Gasteiger partial charge in [-0.25, -0.2) is 4.39 Å². The first-order valence-electron chi connectivity index (χ1n) is 6.36. The molecule has 1 atom stereocenters. The van der Waals surface area contributed by atoms with Gasteiger partial charge in [-0.15, -0.1) is 0 Å². The van der Waals surface area contributed by atoms with Crippen molar-refractivity contribution in [2.24, 2.45) is 5.73 Å². The molecule has 5 heteroatoms. The van der Waals surface area contributed by atoms with E-state index in [1.54, 1.807) is 18.2 Å². The number of hydrogen-bond acceptors (Lipinski definition) is 2. The van der Waals surface area contributed by atoms with Crippen molar-refractivity contribution in [1.29, 1.82) is 0 Å². The standard InChI is InChI=1S/C16H12BrClFNO/c1-8-11-7-10(18)3-5-14(11)21-16(8)15(20)9-2-4-13(19)12(17)6-9/h2-7,15H,20H2,1H3. The first kappa shape index (κ1) is 14.6. The van der Waals surface area contributed by atoms with E-state index in [0.29, 0.717) is 15.3 Å². The Morgan fingerprint density at radius 3 is 2.71 bits per heavy atom. The minimum absolute atomic E-state index is 0.320. The third-order valence-electron chi connectivity index (χ3n) is 3.52. The molecular formula is C16H12BrClFNO. The van der Waals surface area contributed by atoms with E-state index in [9.17, 15) is 4.39 Å². The van der Waals surface area contributed by atoms with E-state index in [0.717, 1.165) is 22.1 Å². The highest BCUT2D eigenvalue weighted by Crippen LogP contribution is 2.33. The van der Waals surface area contributed by atoms with Crippen LogP contribution in [-0.2, 0) is 0 Å². The van der Waals surface area contributed by atoms with Gasteiger partial charge in [-0.2, -0.15) is 0 Å². The molecule has 0 aliphatic heterocycles. The maximum atomic E-state index is 13.3. The summed E-state index contributed by atoms with van der Waals surface area (Å²) < 4.78 is 19.6. The van der Waals surface area contributed by atoms with Crippen LogP contribution in [0.1, 0.15) is 22.9 Å². The SMILES string of the molecule is Cc1c(C(N)c2ccc(F)c(Br)c2)oc2ccc(Cl)cc12. The van der Waals surface area contributed by atoms with Crippen LogP contribution in [0, 0.1) is 12.7 Å². The molecule has 0 aliphatic rings. The summed E-state index contributed by atoms with van der Waals surface area (Å²) in [7, 11) is 0. The highest BCUT2D eigenvalue weighted by Gasteiger charge is 2.19. The van der Waals surface area contributed by atoms with Crippen LogP contribution in [-0.4, -0.2) is 0 Å². The van der Waals surface area contributed by atoms with Gasteiger partial charge in [-0.3, -0.25) is 0 Å². The summed E-state index contributed by atoms with van der Waals surface area (Å²) in [5.41, 5.74) is 8.73. The summed E-state index contributed by atoms with van der Waals surface area (Å²) >= 11 is 9.18. The van der Waals surface area contributed by atoms with E-state index in [-0.39, 0.29) is 5.82 Å². The fraction of sp³-hybridized carbons (Fsp3) is 0.125. The first-order chi connectivity index (χ1) is 9.97. The predicted molar refractivity (Wildman–Crippen MR) is 86.1 cm³/mol. The van der Waals surface area contributed by atoms with Crippen LogP contribution in [0.25, 0.3) is 11.0 Å². The minimum Gasteiger partial charge on any atom is -0.459 e. The molecule has 3 aromatic rings. The molecule has 0 aliphatic carbocycles. The molecule has 0 saturated heterocycles. The summed E-state index contributed by atoms with van der Waals surface area (Å²) in [6.45, 7) is 1.94. The number of fused-ring (bicyclic) bond motifs is 1. The third-order valence-corrected chi connectivity index (χ3v) is 4.36. The van der Waals surface area contributed by atoms with Crippen LogP contribution in [0.15, 0.2) is 45.3 Å². The van der Waals surface area contributed by atoms with Crippen molar-refractivity contribution >= 4 is 38.5 Å². The Morgan fingerprint density at radius 2 is 2.00 bits per heavy atom. The summed E-state index contributed by atoms with van der Waals surface area (Å²) in [5, 5.41) is 1.59. The molecule has 0 fully saturated rings. The van der Waals surface area contributed by atoms with Gasteiger partial charge in [0.2, 0.25) is 0 Å². The molecule has 108 valence electrons. The molecule has 2 nitrogen and oxygen atoms in total. The number of rotatable bonds is 2. The van der Waals surface area contributed by atoms with Crippen molar-refractivity contribution < 1.29 is 8.81 Å². The Kier molecular flexibility index (Phi) is 3.78. The quantitative estimate of drug-likeness (QED) is 0.663. The lowest BCUT2D eigenvalue weighted by atomic mass is 10.0. The predicted octanol–water partition coefficient (Wildman–Crippen LogP) is 5.34. The average Bonchev–Trinajstić information content (AvgIpc) is 2.78. The molecule has 0 amide bonds. The van der Waals surface area contributed by atoms with Gasteiger partial charge in [-0.1, -0.05) is 17.7 Å². The molecule has 21 heavy (non-hydrogen) atoms. The molecule has 1 aromatic heterocycles. The fourth-order valence-corrected chi connectivity index (χ4v) is 2.93. The Hall–Kier alpha value is -1.36. The van der Waals surface area contributed by atoms with Crippen LogP contribution < -0.4 is 5.73 Å². The zero-order valence-corrected chi connectivity index (χ0v) is 13.5. The largest absolute Gasteiger partial charge is 0.459 e. The smallest absolute Gasteiger partial charge is 0.137 e. The molecule has 1 heterocycles. The lowest BCUT2D eigenvalue weighted by Crippen LogP contribution is -2.12. The molecule has 1 unspecified atom stereocenters. The van der Waals surface area contributed by atoms with Gasteiger partial charge in [0, 0.05) is 16.0 Å². The fourth-order valence-electron chi connectivity index (χ4n) is 2.37. The van der Waals surface area contributed by atoms with Crippen molar-refractivity contribution in [2.75, 3.05) is 0 Å². The van der Waals surface area contributed by atoms with Crippen molar-refractivity contribution in [3.8, 4) is 0 Å². The van der Waals surface area contributed by atoms with Crippen molar-refractivity contribution in [3.63, 3.8) is 0 Å². The Morgan fingerprint density at radius 1 is 1.24 bits per heavy atom. The molecule has 0 bridgehead atoms. The molecular weight excluding hydrogens is 357 g/mol. The van der Waals surface area contributed by atoms with E-state index >= 15 is 0 Å². The van der Waals surface area contributed by atoms with Gasteiger partial charge in [0.1, 0.15) is 17.2 Å². The van der Waals surface area contributed by atoms with Gasteiger partial charge in [0.05, 0.1) is 10.5 Å². The zero-order chi connectivity index (χ0) is 15.1. The van der Waals surface area contributed by atoms with Crippen LogP contribution in [0.5, 0.6) is 0 Å². The molecule has 0 spiro atoms. The lowest BCUT2D eigenvalue weighted by Gasteiger charge is -2.11. The van der Waals surface area contributed by atoms with Crippen molar-refractivity contribution in [2.45, 2.75) is 13.0 Å². The zero-order valence-electron chi connectivity index (χ0n) is 11.2. The van der Waals surface area contributed by atoms with Gasteiger partial charge < -0.3 is 10.2 Å². The number of halogens is 3. The number of hydrogen-bond donors (Lipinski definition) is 1. The van der Waals surface area contributed by atoms with E-state index in [1.807, 2.05) is 19.1 Å². The first-order valence-corrected chi connectivity index (χ1v) is 7.53. The second kappa shape index (κ2) is 5.44. The van der Waals surface area contributed by atoms with Crippen LogP contribution in [0.2, 0.25) is 5.02 Å². The minimum atomic E-state index is -0.465. The lowest BCUT2D eigenvalue weighted by molar-refractivity contribution is 0.520. The van der Waals surface area contributed by atoms with E-state index < -0.39 is 6.04 Å².